The van der Waals surface area contributed by atoms with Crippen LogP contribution in [0.2, 0.25) is 0 Å². The molecule has 3 rings (SSSR count). The van der Waals surface area contributed by atoms with Gasteiger partial charge in [-0.2, -0.15) is 17.6 Å². The van der Waals surface area contributed by atoms with Gasteiger partial charge in [-0.05, 0) is 49.0 Å². The number of hydrogen-bond donors (Lipinski definition) is 3. The molecule has 4 amide bonds. The van der Waals surface area contributed by atoms with Gasteiger partial charge in [0.2, 0.25) is 32.7 Å². The highest BCUT2D eigenvalue weighted by molar-refractivity contribution is 7.94. The highest BCUT2D eigenvalue weighted by Crippen LogP contribution is 2.43. The van der Waals surface area contributed by atoms with Crippen molar-refractivity contribution >= 4 is 33.5 Å². The van der Waals surface area contributed by atoms with E-state index in [2.05, 4.69) is 10.6 Å². The standard InChI is InChI=1S/C25H36F4N4O6S/c1-24(2,3)19(32-23(37)25(27,28)29)22(36)33-12-14-6-5-7-16(14)18(33)21(35)31-15(11-17(26)40(4,38)39)10-13-8-9-30-20(13)34/h11,13-16,18-19H,5-10,12H2,1-4H3,(H,30,34)(H,31,35)(H,32,37)/b17-11+/t13-,14-,15+,16-,18-,19-/m1/s1. The quantitative estimate of drug-likeness (QED) is 0.364. The van der Waals surface area contributed by atoms with E-state index in [4.69, 9.17) is 0 Å². The minimum absolute atomic E-state index is 0.0826. The highest BCUT2D eigenvalue weighted by atomic mass is 32.2. The van der Waals surface area contributed by atoms with Crippen molar-refractivity contribution in [3.05, 3.63) is 11.2 Å². The molecule has 15 heteroatoms. The molecule has 3 N–H and O–H groups in total. The Hall–Kier alpha value is -2.71. The van der Waals surface area contributed by atoms with E-state index in [1.165, 1.54) is 25.7 Å². The highest BCUT2D eigenvalue weighted by Gasteiger charge is 2.53. The number of hydrogen-bond acceptors (Lipinski definition) is 6. The summed E-state index contributed by atoms with van der Waals surface area (Å²) in [6, 6.07) is -3.95. The molecule has 1 aliphatic carbocycles. The zero-order valence-electron chi connectivity index (χ0n) is 22.8. The third kappa shape index (κ3) is 7.32. The van der Waals surface area contributed by atoms with E-state index in [9.17, 15) is 45.2 Å². The molecular formula is C25H36F4N4O6S. The lowest BCUT2D eigenvalue weighted by molar-refractivity contribution is -0.176. The maximum Gasteiger partial charge on any atom is 0.471 e. The van der Waals surface area contributed by atoms with Gasteiger partial charge in [-0.1, -0.05) is 27.2 Å². The average Bonchev–Trinajstić information content (AvgIpc) is 3.50. The lowest BCUT2D eigenvalue weighted by atomic mass is 9.85. The fourth-order valence-electron chi connectivity index (χ4n) is 5.79. The van der Waals surface area contributed by atoms with Crippen molar-refractivity contribution in [3.8, 4) is 0 Å². The Morgan fingerprint density at radius 2 is 1.77 bits per heavy atom. The molecule has 2 saturated heterocycles. The van der Waals surface area contributed by atoms with Gasteiger partial charge in [0.25, 0.3) is 0 Å². The molecule has 3 fully saturated rings. The molecule has 0 aromatic carbocycles. The summed E-state index contributed by atoms with van der Waals surface area (Å²) in [5.74, 6) is -5.25. The number of nitrogens with one attached hydrogen (secondary N) is 3. The van der Waals surface area contributed by atoms with Crippen molar-refractivity contribution in [2.24, 2.45) is 23.2 Å². The molecule has 0 radical (unpaired) electrons. The summed E-state index contributed by atoms with van der Waals surface area (Å²) in [4.78, 5) is 52.4. The molecule has 2 aliphatic heterocycles. The van der Waals surface area contributed by atoms with E-state index in [1.54, 1.807) is 5.32 Å². The Balaban J connectivity index is 1.91. The van der Waals surface area contributed by atoms with Gasteiger partial charge < -0.3 is 20.9 Å². The molecule has 0 aromatic heterocycles. The topological polar surface area (TPSA) is 142 Å². The van der Waals surface area contributed by atoms with Gasteiger partial charge in [0.15, 0.2) is 0 Å². The van der Waals surface area contributed by atoms with Crippen molar-refractivity contribution in [1.29, 1.82) is 0 Å². The Kier molecular flexibility index (Phi) is 9.26. The number of carbonyl (C=O) groups is 4. The number of rotatable bonds is 8. The zero-order valence-corrected chi connectivity index (χ0v) is 23.6. The van der Waals surface area contributed by atoms with Crippen LogP contribution in [-0.2, 0) is 29.0 Å². The van der Waals surface area contributed by atoms with Gasteiger partial charge in [-0.15, -0.1) is 0 Å². The molecule has 0 spiro atoms. The molecule has 0 unspecified atom stereocenters. The second-order valence-corrected chi connectivity index (χ2v) is 13.9. The van der Waals surface area contributed by atoms with Crippen molar-refractivity contribution in [3.63, 3.8) is 0 Å². The first-order valence-electron chi connectivity index (χ1n) is 13.1. The molecule has 2 heterocycles. The molecule has 3 aliphatic rings. The first-order chi connectivity index (χ1) is 18.3. The Morgan fingerprint density at radius 1 is 1.12 bits per heavy atom. The van der Waals surface area contributed by atoms with Crippen molar-refractivity contribution in [2.75, 3.05) is 19.3 Å². The van der Waals surface area contributed by atoms with Gasteiger partial charge >= 0.3 is 12.1 Å². The fourth-order valence-corrected chi connectivity index (χ4v) is 6.20. The van der Waals surface area contributed by atoms with Crippen LogP contribution < -0.4 is 16.0 Å². The second kappa shape index (κ2) is 11.6. The van der Waals surface area contributed by atoms with Gasteiger partial charge in [-0.3, -0.25) is 19.2 Å². The summed E-state index contributed by atoms with van der Waals surface area (Å²) >= 11 is 0. The lowest BCUT2D eigenvalue weighted by Gasteiger charge is -2.36. The molecule has 0 aromatic rings. The van der Waals surface area contributed by atoms with Gasteiger partial charge in [-0.25, -0.2) is 8.42 Å². The molecule has 226 valence electrons. The SMILES string of the molecule is CC(C)(C)[C@H](NC(=O)C(F)(F)F)C(=O)N1C[C@H]2CCC[C@H]2[C@@H]1C(=O)N[C@H](/C=C(\F)S(C)(=O)=O)C[C@H]1CCNC1=O. The zero-order chi connectivity index (χ0) is 30.2. The van der Waals surface area contributed by atoms with E-state index >= 15 is 0 Å². The van der Waals surface area contributed by atoms with E-state index in [1.807, 2.05) is 0 Å². The maximum atomic E-state index is 14.5. The number of fused-ring (bicyclic) bond motifs is 1. The second-order valence-electron chi connectivity index (χ2n) is 11.9. The summed E-state index contributed by atoms with van der Waals surface area (Å²) in [5, 5.41) is 5.50. The van der Waals surface area contributed by atoms with Crippen LogP contribution in [0.5, 0.6) is 0 Å². The van der Waals surface area contributed by atoms with Gasteiger partial charge in [0, 0.05) is 25.3 Å². The Bertz CT molecular complexity index is 1170. The van der Waals surface area contributed by atoms with Gasteiger partial charge in [0.05, 0.1) is 6.04 Å². The summed E-state index contributed by atoms with van der Waals surface area (Å²) < 4.78 is 77.1. The molecule has 1 saturated carbocycles. The third-order valence-electron chi connectivity index (χ3n) is 7.80. The van der Waals surface area contributed by atoms with E-state index in [0.29, 0.717) is 38.1 Å². The summed E-state index contributed by atoms with van der Waals surface area (Å²) in [6.07, 6.45) is -1.55. The predicted octanol–water partition coefficient (Wildman–Crippen LogP) is 1.57. The maximum absolute atomic E-state index is 14.5. The van der Waals surface area contributed by atoms with Crippen LogP contribution in [0.25, 0.3) is 0 Å². The van der Waals surface area contributed by atoms with Crippen molar-refractivity contribution < 1.29 is 45.2 Å². The largest absolute Gasteiger partial charge is 0.471 e. The predicted molar refractivity (Wildman–Crippen MR) is 135 cm³/mol. The number of alkyl halides is 3. The number of sulfone groups is 1. The molecule has 6 atom stereocenters. The first kappa shape index (κ1) is 31.8. The number of carbonyl (C=O) groups excluding carboxylic acids is 4. The van der Waals surface area contributed by atoms with E-state index in [0.717, 1.165) is 6.42 Å². The van der Waals surface area contributed by atoms with Crippen LogP contribution in [0.3, 0.4) is 0 Å². The summed E-state index contributed by atoms with van der Waals surface area (Å²) in [5.41, 5.74) is -1.14. The fraction of sp³-hybridized carbons (Fsp3) is 0.760. The Labute approximate surface area is 230 Å². The van der Waals surface area contributed by atoms with E-state index < -0.39 is 68.4 Å². The number of likely N-dealkylation sites (tertiary alicyclic amines) is 1. The van der Waals surface area contributed by atoms with Crippen LogP contribution >= 0.6 is 0 Å². The Morgan fingerprint density at radius 3 is 2.30 bits per heavy atom. The van der Waals surface area contributed by atoms with Crippen LogP contribution in [0, 0.1) is 23.2 Å². The van der Waals surface area contributed by atoms with Crippen LogP contribution in [-0.4, -0.2) is 80.6 Å². The lowest BCUT2D eigenvalue weighted by Crippen LogP contribution is -2.60. The minimum Gasteiger partial charge on any atom is -0.356 e. The smallest absolute Gasteiger partial charge is 0.356 e. The van der Waals surface area contributed by atoms with Gasteiger partial charge in [0.1, 0.15) is 12.1 Å². The van der Waals surface area contributed by atoms with Crippen LogP contribution in [0.4, 0.5) is 17.6 Å². The number of amides is 4. The number of nitrogens with zero attached hydrogens (tertiary/aromatic N) is 1. The van der Waals surface area contributed by atoms with E-state index in [-0.39, 0.29) is 30.7 Å². The summed E-state index contributed by atoms with van der Waals surface area (Å²) in [6.45, 7) is 4.91. The van der Waals surface area contributed by atoms with Crippen LogP contribution in [0.15, 0.2) is 11.2 Å². The molecular weight excluding hydrogens is 560 g/mol. The normalized spacial score (nSPS) is 27.1. The first-order valence-corrected chi connectivity index (χ1v) is 15.0. The summed E-state index contributed by atoms with van der Waals surface area (Å²) in [7, 11) is -4.24. The van der Waals surface area contributed by atoms with Crippen molar-refractivity contribution in [1.82, 2.24) is 20.9 Å². The molecule has 0 bridgehead atoms. The molecule has 10 nitrogen and oxygen atoms in total. The van der Waals surface area contributed by atoms with Crippen molar-refractivity contribution in [2.45, 2.75) is 77.2 Å². The monoisotopic (exact) mass is 596 g/mol. The average molecular weight is 597 g/mol. The minimum atomic E-state index is -5.22. The third-order valence-corrected chi connectivity index (χ3v) is 8.65. The van der Waals surface area contributed by atoms with Crippen LogP contribution in [0.1, 0.15) is 52.9 Å². The molecule has 40 heavy (non-hydrogen) atoms. The number of halogens is 4.